The highest BCUT2D eigenvalue weighted by molar-refractivity contribution is 6.33. The third kappa shape index (κ3) is 4.32. The second-order valence-corrected chi connectivity index (χ2v) is 5.72. The number of amides is 1. The predicted octanol–water partition coefficient (Wildman–Crippen LogP) is 2.38. The van der Waals surface area contributed by atoms with E-state index in [9.17, 15) is 14.3 Å². The zero-order valence-corrected chi connectivity index (χ0v) is 13.8. The first-order valence-electron chi connectivity index (χ1n) is 7.46. The molecule has 0 spiro atoms. The molecule has 2 aromatic carbocycles. The first-order chi connectivity index (χ1) is 12.0. The quantitative estimate of drug-likeness (QED) is 0.819. The minimum absolute atomic E-state index is 0.00333. The maximum atomic E-state index is 13.0. The van der Waals surface area contributed by atoms with E-state index in [1.807, 2.05) is 0 Å². The molecule has 8 heteroatoms. The Kier molecular flexibility index (Phi) is 5.25. The number of aliphatic hydroxyl groups is 1. The summed E-state index contributed by atoms with van der Waals surface area (Å²) in [6.45, 7) is 0.0908. The van der Waals surface area contributed by atoms with Crippen LogP contribution in [0.15, 0.2) is 36.4 Å². The fraction of sp³-hybridized carbons (Fsp3) is 0.235. The molecular formula is C17H15ClFNO5. The molecule has 0 saturated carbocycles. The first-order valence-corrected chi connectivity index (χ1v) is 7.84. The Morgan fingerprint density at radius 1 is 1.28 bits per heavy atom. The standard InChI is InChI=1S/C17H15ClFNO5/c18-14-5-10(19)1-3-13(14)17(22)20-7-11(21)8-23-12-2-4-15-16(6-12)25-9-24-15/h1-6,11,21H,7-9H2,(H,20,22). The normalized spacial score (nSPS) is 13.4. The third-order valence-electron chi connectivity index (χ3n) is 3.46. The molecule has 1 atom stereocenters. The second kappa shape index (κ2) is 7.58. The number of benzene rings is 2. The minimum atomic E-state index is -0.936. The topological polar surface area (TPSA) is 77.0 Å². The van der Waals surface area contributed by atoms with Gasteiger partial charge >= 0.3 is 0 Å². The van der Waals surface area contributed by atoms with Gasteiger partial charge < -0.3 is 24.6 Å². The van der Waals surface area contributed by atoms with Crippen molar-refractivity contribution >= 4 is 17.5 Å². The third-order valence-corrected chi connectivity index (χ3v) is 3.77. The molecule has 0 bridgehead atoms. The van der Waals surface area contributed by atoms with Gasteiger partial charge in [0.2, 0.25) is 6.79 Å². The highest BCUT2D eigenvalue weighted by atomic mass is 35.5. The summed E-state index contributed by atoms with van der Waals surface area (Å²) in [5.74, 6) is 0.685. The van der Waals surface area contributed by atoms with Crippen molar-refractivity contribution in [1.29, 1.82) is 0 Å². The van der Waals surface area contributed by atoms with Crippen molar-refractivity contribution in [3.8, 4) is 17.2 Å². The Labute approximate surface area is 148 Å². The monoisotopic (exact) mass is 367 g/mol. The van der Waals surface area contributed by atoms with E-state index in [4.69, 9.17) is 25.8 Å². The van der Waals surface area contributed by atoms with Gasteiger partial charge in [0.05, 0.1) is 10.6 Å². The largest absolute Gasteiger partial charge is 0.491 e. The van der Waals surface area contributed by atoms with E-state index in [1.165, 1.54) is 6.07 Å². The maximum Gasteiger partial charge on any atom is 0.252 e. The van der Waals surface area contributed by atoms with E-state index in [-0.39, 0.29) is 30.5 Å². The Bertz CT molecular complexity index is 786. The van der Waals surface area contributed by atoms with E-state index in [1.54, 1.807) is 18.2 Å². The van der Waals surface area contributed by atoms with Crippen LogP contribution in [0, 0.1) is 5.82 Å². The number of nitrogens with one attached hydrogen (secondary N) is 1. The fourth-order valence-electron chi connectivity index (χ4n) is 2.20. The summed E-state index contributed by atoms with van der Waals surface area (Å²) in [4.78, 5) is 12.0. The lowest BCUT2D eigenvalue weighted by Gasteiger charge is -2.14. The molecule has 2 aromatic rings. The summed E-state index contributed by atoms with van der Waals surface area (Å²) in [5, 5.41) is 12.4. The summed E-state index contributed by atoms with van der Waals surface area (Å²) in [7, 11) is 0. The molecule has 132 valence electrons. The van der Waals surface area contributed by atoms with E-state index >= 15 is 0 Å². The number of aliphatic hydroxyl groups excluding tert-OH is 1. The molecule has 1 aliphatic heterocycles. The molecule has 0 aromatic heterocycles. The van der Waals surface area contributed by atoms with Crippen LogP contribution in [-0.4, -0.2) is 37.1 Å². The molecule has 3 rings (SSSR count). The van der Waals surface area contributed by atoms with Crippen molar-refractivity contribution in [3.05, 3.63) is 52.8 Å². The molecular weight excluding hydrogens is 353 g/mol. The number of carbonyl (C=O) groups excluding carboxylic acids is 1. The Hall–Kier alpha value is -2.51. The van der Waals surface area contributed by atoms with Crippen LogP contribution in [0.2, 0.25) is 5.02 Å². The van der Waals surface area contributed by atoms with Crippen molar-refractivity contribution in [1.82, 2.24) is 5.32 Å². The smallest absolute Gasteiger partial charge is 0.252 e. The average molecular weight is 368 g/mol. The van der Waals surface area contributed by atoms with Crippen molar-refractivity contribution in [3.63, 3.8) is 0 Å². The molecule has 0 fully saturated rings. The predicted molar refractivity (Wildman–Crippen MR) is 87.8 cm³/mol. The summed E-state index contributed by atoms with van der Waals surface area (Å²) in [5.41, 5.74) is 0.131. The van der Waals surface area contributed by atoms with Crippen LogP contribution in [0.25, 0.3) is 0 Å². The number of halogens is 2. The average Bonchev–Trinajstić information content (AvgIpc) is 3.05. The lowest BCUT2D eigenvalue weighted by Crippen LogP contribution is -2.35. The van der Waals surface area contributed by atoms with E-state index in [0.29, 0.717) is 17.2 Å². The Morgan fingerprint density at radius 3 is 2.88 bits per heavy atom. The van der Waals surface area contributed by atoms with Crippen LogP contribution in [0.4, 0.5) is 4.39 Å². The lowest BCUT2D eigenvalue weighted by molar-refractivity contribution is 0.0843. The number of fused-ring (bicyclic) bond motifs is 1. The van der Waals surface area contributed by atoms with Gasteiger partial charge in [-0.15, -0.1) is 0 Å². The highest BCUT2D eigenvalue weighted by Crippen LogP contribution is 2.35. The summed E-state index contributed by atoms with van der Waals surface area (Å²) >= 11 is 5.82. The van der Waals surface area contributed by atoms with Gasteiger partial charge in [0.1, 0.15) is 24.3 Å². The molecule has 1 heterocycles. The highest BCUT2D eigenvalue weighted by Gasteiger charge is 2.16. The van der Waals surface area contributed by atoms with Crippen LogP contribution in [0.1, 0.15) is 10.4 Å². The zero-order valence-electron chi connectivity index (χ0n) is 13.0. The van der Waals surface area contributed by atoms with Gasteiger partial charge in [-0.1, -0.05) is 11.6 Å². The Balaban J connectivity index is 1.48. The fourth-order valence-corrected chi connectivity index (χ4v) is 2.45. The molecule has 2 N–H and O–H groups in total. The van der Waals surface area contributed by atoms with Gasteiger partial charge in [0.15, 0.2) is 11.5 Å². The minimum Gasteiger partial charge on any atom is -0.491 e. The van der Waals surface area contributed by atoms with Gasteiger partial charge in [-0.05, 0) is 30.3 Å². The molecule has 0 saturated heterocycles. The molecule has 0 aliphatic carbocycles. The van der Waals surface area contributed by atoms with E-state index in [0.717, 1.165) is 12.1 Å². The molecule has 1 amide bonds. The number of ether oxygens (including phenoxy) is 3. The van der Waals surface area contributed by atoms with Crippen molar-refractivity contribution in [2.75, 3.05) is 19.9 Å². The van der Waals surface area contributed by atoms with Gasteiger partial charge in [-0.2, -0.15) is 0 Å². The zero-order chi connectivity index (χ0) is 17.8. The van der Waals surface area contributed by atoms with Crippen molar-refractivity contribution in [2.24, 2.45) is 0 Å². The molecule has 6 nitrogen and oxygen atoms in total. The SMILES string of the molecule is O=C(NCC(O)COc1ccc2c(c1)OCO2)c1ccc(F)cc1Cl. The molecule has 0 radical (unpaired) electrons. The maximum absolute atomic E-state index is 13.0. The van der Waals surface area contributed by atoms with Crippen LogP contribution in [-0.2, 0) is 0 Å². The summed E-state index contributed by atoms with van der Waals surface area (Å²) in [6.07, 6.45) is -0.936. The van der Waals surface area contributed by atoms with Gasteiger partial charge in [0.25, 0.3) is 5.91 Å². The number of hydrogen-bond donors (Lipinski definition) is 2. The van der Waals surface area contributed by atoms with Crippen LogP contribution in [0.3, 0.4) is 0 Å². The number of rotatable bonds is 6. The van der Waals surface area contributed by atoms with E-state index in [2.05, 4.69) is 5.32 Å². The first kappa shape index (κ1) is 17.3. The summed E-state index contributed by atoms with van der Waals surface area (Å²) < 4.78 is 28.9. The van der Waals surface area contributed by atoms with E-state index < -0.39 is 17.8 Å². The lowest BCUT2D eigenvalue weighted by atomic mass is 10.2. The van der Waals surface area contributed by atoms with Crippen molar-refractivity contribution in [2.45, 2.75) is 6.10 Å². The van der Waals surface area contributed by atoms with Crippen LogP contribution in [0.5, 0.6) is 17.2 Å². The van der Waals surface area contributed by atoms with Crippen LogP contribution >= 0.6 is 11.6 Å². The second-order valence-electron chi connectivity index (χ2n) is 5.31. The van der Waals surface area contributed by atoms with Gasteiger partial charge in [0, 0.05) is 12.6 Å². The molecule has 25 heavy (non-hydrogen) atoms. The van der Waals surface area contributed by atoms with Gasteiger partial charge in [-0.3, -0.25) is 4.79 Å². The number of hydrogen-bond acceptors (Lipinski definition) is 5. The van der Waals surface area contributed by atoms with Gasteiger partial charge in [-0.25, -0.2) is 4.39 Å². The summed E-state index contributed by atoms with van der Waals surface area (Å²) in [6, 6.07) is 8.53. The van der Waals surface area contributed by atoms with Crippen molar-refractivity contribution < 1.29 is 28.5 Å². The molecule has 1 aliphatic rings. The van der Waals surface area contributed by atoms with Crippen LogP contribution < -0.4 is 19.5 Å². The Morgan fingerprint density at radius 2 is 2.08 bits per heavy atom. The molecule has 1 unspecified atom stereocenters. The number of carbonyl (C=O) groups is 1.